The van der Waals surface area contributed by atoms with Crippen molar-refractivity contribution in [2.24, 2.45) is 0 Å². The lowest BCUT2D eigenvalue weighted by molar-refractivity contribution is 0.0968. The summed E-state index contributed by atoms with van der Waals surface area (Å²) in [6.45, 7) is 0. The summed E-state index contributed by atoms with van der Waals surface area (Å²) >= 11 is 3.06. The Hall–Kier alpha value is -0.880. The first-order chi connectivity index (χ1) is 8.67. The Morgan fingerprint density at radius 3 is 2.67 bits per heavy atom. The average Bonchev–Trinajstić information content (AvgIpc) is 2.97. The van der Waals surface area contributed by atoms with Gasteiger partial charge in [0.15, 0.2) is 0 Å². The van der Waals surface area contributed by atoms with Crippen molar-refractivity contribution in [3.05, 3.63) is 4.88 Å². The van der Waals surface area contributed by atoms with Crippen molar-refractivity contribution in [2.75, 3.05) is 24.4 Å². The lowest BCUT2D eigenvalue weighted by Gasteiger charge is -2.12. The van der Waals surface area contributed by atoms with Crippen LogP contribution in [-0.4, -0.2) is 25.3 Å². The number of carbonyl (C=O) groups excluding carboxylic acids is 1. The zero-order valence-corrected chi connectivity index (χ0v) is 12.3. The summed E-state index contributed by atoms with van der Waals surface area (Å²) < 4.78 is 0. The molecule has 18 heavy (non-hydrogen) atoms. The van der Waals surface area contributed by atoms with Crippen molar-refractivity contribution in [2.45, 2.75) is 36.6 Å². The van der Waals surface area contributed by atoms with Crippen LogP contribution < -0.4 is 16.4 Å². The molecule has 1 aromatic heterocycles. The number of nitrogen functional groups attached to an aromatic ring is 1. The number of hydrogen-bond donors (Lipinski definition) is 3. The molecule has 1 aliphatic rings. The molecular weight excluding hydrogens is 266 g/mol. The smallest absolute Gasteiger partial charge is 0.263 e. The molecule has 0 radical (unpaired) electrons. The molecular formula is C12H19N3OS2. The van der Waals surface area contributed by atoms with E-state index in [4.69, 9.17) is 5.73 Å². The van der Waals surface area contributed by atoms with Crippen molar-refractivity contribution < 1.29 is 4.79 Å². The van der Waals surface area contributed by atoms with Crippen molar-refractivity contribution in [1.29, 1.82) is 0 Å². The molecule has 100 valence electrons. The van der Waals surface area contributed by atoms with Gasteiger partial charge in [-0.1, -0.05) is 12.8 Å². The van der Waals surface area contributed by atoms with Crippen LogP contribution in [0.5, 0.6) is 0 Å². The predicted octanol–water partition coefficient (Wildman–Crippen LogP) is 2.77. The molecule has 0 bridgehead atoms. The first kappa shape index (κ1) is 13.5. The van der Waals surface area contributed by atoms with Crippen LogP contribution in [0.25, 0.3) is 0 Å². The van der Waals surface area contributed by atoms with Gasteiger partial charge in [-0.15, -0.1) is 23.1 Å². The second kappa shape index (κ2) is 5.84. The normalized spacial score (nSPS) is 15.9. The van der Waals surface area contributed by atoms with Gasteiger partial charge in [0.2, 0.25) is 0 Å². The number of thiophene rings is 1. The molecule has 6 heteroatoms. The third-order valence-corrected chi connectivity index (χ3v) is 5.32. The molecule has 1 aromatic rings. The third kappa shape index (κ3) is 2.59. The standard InChI is InChI=1S/C12H19N3OS2/c1-14-11(16)9-8(13)10(17-2)12(18-9)15-7-5-3-4-6-7/h7,15H,3-6,13H2,1-2H3,(H,14,16). The molecule has 2 rings (SSSR count). The third-order valence-electron chi connectivity index (χ3n) is 3.23. The number of rotatable bonds is 4. The molecule has 0 aliphatic heterocycles. The largest absolute Gasteiger partial charge is 0.396 e. The lowest BCUT2D eigenvalue weighted by atomic mass is 10.2. The van der Waals surface area contributed by atoms with Crippen molar-refractivity contribution in [3.63, 3.8) is 0 Å². The maximum atomic E-state index is 11.7. The summed E-state index contributed by atoms with van der Waals surface area (Å²) in [4.78, 5) is 13.4. The number of amides is 1. The summed E-state index contributed by atoms with van der Waals surface area (Å²) in [5.74, 6) is -0.104. The topological polar surface area (TPSA) is 67.2 Å². The Kier molecular flexibility index (Phi) is 4.40. The summed E-state index contributed by atoms with van der Waals surface area (Å²) in [7, 11) is 1.63. The van der Waals surface area contributed by atoms with Gasteiger partial charge in [0.25, 0.3) is 5.91 Å². The van der Waals surface area contributed by atoms with Gasteiger partial charge in [-0.3, -0.25) is 4.79 Å². The van der Waals surface area contributed by atoms with Crippen LogP contribution in [0.3, 0.4) is 0 Å². The van der Waals surface area contributed by atoms with Gasteiger partial charge < -0.3 is 16.4 Å². The van der Waals surface area contributed by atoms with Gasteiger partial charge in [-0.25, -0.2) is 0 Å². The fourth-order valence-electron chi connectivity index (χ4n) is 2.26. The molecule has 0 unspecified atom stereocenters. The molecule has 1 aliphatic carbocycles. The van der Waals surface area contributed by atoms with Crippen LogP contribution in [0.1, 0.15) is 35.4 Å². The van der Waals surface area contributed by atoms with Crippen LogP contribution in [0, 0.1) is 0 Å². The Balaban J connectivity index is 2.25. The highest BCUT2D eigenvalue weighted by atomic mass is 32.2. The van der Waals surface area contributed by atoms with Crippen LogP contribution in [0.2, 0.25) is 0 Å². The van der Waals surface area contributed by atoms with Gasteiger partial charge in [0.1, 0.15) is 9.88 Å². The molecule has 1 saturated carbocycles. The molecule has 4 N–H and O–H groups in total. The Morgan fingerprint density at radius 1 is 1.44 bits per heavy atom. The number of hydrogen-bond acceptors (Lipinski definition) is 5. The maximum Gasteiger partial charge on any atom is 0.263 e. The lowest BCUT2D eigenvalue weighted by Crippen LogP contribution is -2.17. The summed E-state index contributed by atoms with van der Waals surface area (Å²) in [5, 5.41) is 7.22. The van der Waals surface area contributed by atoms with E-state index in [1.54, 1.807) is 18.8 Å². The molecule has 0 saturated heterocycles. The van der Waals surface area contributed by atoms with Gasteiger partial charge in [0, 0.05) is 13.1 Å². The van der Waals surface area contributed by atoms with Gasteiger partial charge in [0.05, 0.1) is 10.6 Å². The maximum absolute atomic E-state index is 11.7. The van der Waals surface area contributed by atoms with E-state index >= 15 is 0 Å². The first-order valence-corrected chi connectivity index (χ1v) is 8.16. The van der Waals surface area contributed by atoms with Crippen molar-refractivity contribution in [1.82, 2.24) is 5.32 Å². The summed E-state index contributed by atoms with van der Waals surface area (Å²) in [5.41, 5.74) is 6.66. The zero-order chi connectivity index (χ0) is 13.1. The Labute approximate surface area is 116 Å². The van der Waals surface area contributed by atoms with E-state index in [2.05, 4.69) is 10.6 Å². The number of nitrogens with one attached hydrogen (secondary N) is 2. The number of carbonyl (C=O) groups is 1. The minimum atomic E-state index is -0.104. The predicted molar refractivity (Wildman–Crippen MR) is 79.8 cm³/mol. The van der Waals surface area contributed by atoms with E-state index < -0.39 is 0 Å². The zero-order valence-electron chi connectivity index (χ0n) is 10.7. The molecule has 0 spiro atoms. The van der Waals surface area contributed by atoms with Crippen LogP contribution >= 0.6 is 23.1 Å². The monoisotopic (exact) mass is 285 g/mol. The number of nitrogens with two attached hydrogens (primary N) is 1. The average molecular weight is 285 g/mol. The van der Waals surface area contributed by atoms with E-state index in [1.165, 1.54) is 37.0 Å². The highest BCUT2D eigenvalue weighted by Gasteiger charge is 2.22. The van der Waals surface area contributed by atoms with E-state index in [0.29, 0.717) is 16.6 Å². The van der Waals surface area contributed by atoms with E-state index in [9.17, 15) is 4.79 Å². The van der Waals surface area contributed by atoms with Gasteiger partial charge in [-0.05, 0) is 19.1 Å². The van der Waals surface area contributed by atoms with Crippen LogP contribution in [0.4, 0.5) is 10.7 Å². The molecule has 0 atom stereocenters. The molecule has 4 nitrogen and oxygen atoms in total. The minimum absolute atomic E-state index is 0.104. The SMILES string of the molecule is CNC(=O)c1sc(NC2CCCC2)c(SC)c1N. The van der Waals surface area contributed by atoms with E-state index in [-0.39, 0.29) is 5.91 Å². The second-order valence-corrected chi connectivity index (χ2v) is 6.25. The molecule has 1 amide bonds. The highest BCUT2D eigenvalue weighted by Crippen LogP contribution is 2.42. The Morgan fingerprint density at radius 2 is 2.11 bits per heavy atom. The molecule has 0 aromatic carbocycles. The van der Waals surface area contributed by atoms with Crippen LogP contribution in [0.15, 0.2) is 4.90 Å². The van der Waals surface area contributed by atoms with Crippen LogP contribution in [-0.2, 0) is 0 Å². The number of anilines is 2. The van der Waals surface area contributed by atoms with E-state index in [1.807, 2.05) is 6.26 Å². The minimum Gasteiger partial charge on any atom is -0.396 e. The van der Waals surface area contributed by atoms with E-state index in [0.717, 1.165) is 9.90 Å². The Bertz CT molecular complexity index is 439. The molecule has 1 fully saturated rings. The van der Waals surface area contributed by atoms with Crippen molar-refractivity contribution >= 4 is 39.7 Å². The first-order valence-electron chi connectivity index (χ1n) is 6.12. The summed E-state index contributed by atoms with van der Waals surface area (Å²) in [6.07, 6.45) is 6.98. The molecule has 1 heterocycles. The van der Waals surface area contributed by atoms with Gasteiger partial charge >= 0.3 is 0 Å². The second-order valence-electron chi connectivity index (χ2n) is 4.41. The van der Waals surface area contributed by atoms with Gasteiger partial charge in [-0.2, -0.15) is 0 Å². The summed E-state index contributed by atoms with van der Waals surface area (Å²) in [6, 6.07) is 0.534. The van der Waals surface area contributed by atoms with Crippen molar-refractivity contribution in [3.8, 4) is 0 Å². The fourth-order valence-corrected chi connectivity index (χ4v) is 4.31. The highest BCUT2D eigenvalue weighted by molar-refractivity contribution is 7.99. The quantitative estimate of drug-likeness (QED) is 0.744. The number of thioether (sulfide) groups is 1. The fraction of sp³-hybridized carbons (Fsp3) is 0.583.